The zero-order chi connectivity index (χ0) is 15.2. The Hall–Kier alpha value is -1.84. The molecule has 1 aliphatic rings. The molecule has 0 N–H and O–H groups in total. The van der Waals surface area contributed by atoms with E-state index in [-0.39, 0.29) is 6.10 Å². The summed E-state index contributed by atoms with van der Waals surface area (Å²) in [6.07, 6.45) is 0.973. The van der Waals surface area contributed by atoms with Crippen molar-refractivity contribution in [2.24, 2.45) is 0 Å². The molecule has 1 fully saturated rings. The molecule has 114 valence electrons. The second kappa shape index (κ2) is 5.11. The van der Waals surface area contributed by atoms with E-state index in [0.717, 1.165) is 13.0 Å². The molecule has 0 bridgehead atoms. The van der Waals surface area contributed by atoms with E-state index < -0.39 is 5.79 Å². The lowest BCUT2D eigenvalue weighted by Crippen LogP contribution is -2.26. The van der Waals surface area contributed by atoms with E-state index in [2.05, 4.69) is 60.0 Å². The van der Waals surface area contributed by atoms with Crippen molar-refractivity contribution in [3.8, 4) is 0 Å². The summed E-state index contributed by atoms with van der Waals surface area (Å²) in [4.78, 5) is 0. The molecule has 2 atom stereocenters. The van der Waals surface area contributed by atoms with E-state index in [0.29, 0.717) is 6.61 Å². The van der Waals surface area contributed by atoms with Crippen LogP contribution in [0.3, 0.4) is 0 Å². The lowest BCUT2D eigenvalue weighted by atomic mass is 10.2. The Morgan fingerprint density at radius 3 is 2.18 bits per heavy atom. The van der Waals surface area contributed by atoms with Crippen molar-refractivity contribution in [2.45, 2.75) is 38.7 Å². The van der Waals surface area contributed by atoms with Gasteiger partial charge < -0.3 is 14.0 Å². The summed E-state index contributed by atoms with van der Waals surface area (Å²) in [5.41, 5.74) is 2.52. The van der Waals surface area contributed by atoms with Gasteiger partial charge in [-0.3, -0.25) is 0 Å². The van der Waals surface area contributed by atoms with Gasteiger partial charge in [-0.05, 0) is 25.5 Å². The number of aromatic nitrogens is 1. The molecule has 0 amide bonds. The average Bonchev–Trinajstić information content (AvgIpc) is 3.09. The fourth-order valence-corrected chi connectivity index (χ4v) is 3.37. The standard InChI is InChI=1S/C19H21NO2/c1-3-19(2)21-13-14(22-19)12-20-17-10-6-4-8-15(17)16-9-5-7-11-18(16)20/h4-11,14H,3,12-13H2,1-2H3/t14-,19-/m0/s1. The summed E-state index contributed by atoms with van der Waals surface area (Å²) in [6, 6.07) is 17.1. The first-order chi connectivity index (χ1) is 10.7. The number of para-hydroxylation sites is 2. The second-order valence-corrected chi connectivity index (χ2v) is 6.18. The third-order valence-electron chi connectivity index (χ3n) is 4.70. The van der Waals surface area contributed by atoms with Gasteiger partial charge in [-0.15, -0.1) is 0 Å². The van der Waals surface area contributed by atoms with Gasteiger partial charge in [0.15, 0.2) is 5.79 Å². The van der Waals surface area contributed by atoms with Crippen molar-refractivity contribution in [3.05, 3.63) is 48.5 Å². The number of nitrogens with zero attached hydrogens (tertiary/aromatic N) is 1. The third kappa shape index (κ3) is 2.13. The van der Waals surface area contributed by atoms with Gasteiger partial charge in [0.05, 0.1) is 13.2 Å². The van der Waals surface area contributed by atoms with Gasteiger partial charge in [-0.25, -0.2) is 0 Å². The predicted octanol–water partition coefficient (Wildman–Crippen LogP) is 4.34. The minimum absolute atomic E-state index is 0.101. The van der Waals surface area contributed by atoms with Gasteiger partial charge in [-0.2, -0.15) is 0 Å². The van der Waals surface area contributed by atoms with Crippen LogP contribution in [0.1, 0.15) is 20.3 Å². The molecule has 3 heteroatoms. The number of hydrogen-bond donors (Lipinski definition) is 0. The van der Waals surface area contributed by atoms with Gasteiger partial charge in [-0.1, -0.05) is 43.3 Å². The highest BCUT2D eigenvalue weighted by Crippen LogP contribution is 2.32. The normalized spacial score (nSPS) is 25.3. The number of hydrogen-bond acceptors (Lipinski definition) is 2. The quantitative estimate of drug-likeness (QED) is 0.717. The zero-order valence-corrected chi connectivity index (χ0v) is 13.1. The molecular formula is C19H21NO2. The van der Waals surface area contributed by atoms with Crippen LogP contribution >= 0.6 is 0 Å². The van der Waals surface area contributed by atoms with Crippen molar-refractivity contribution < 1.29 is 9.47 Å². The van der Waals surface area contributed by atoms with Crippen molar-refractivity contribution in [1.29, 1.82) is 0 Å². The summed E-state index contributed by atoms with van der Waals surface area (Å²) < 4.78 is 14.3. The first-order valence-corrected chi connectivity index (χ1v) is 7.98. The molecule has 0 aliphatic carbocycles. The van der Waals surface area contributed by atoms with Gasteiger partial charge >= 0.3 is 0 Å². The molecule has 0 unspecified atom stereocenters. The summed E-state index contributed by atoms with van der Waals surface area (Å²) >= 11 is 0. The van der Waals surface area contributed by atoms with E-state index in [1.165, 1.54) is 21.8 Å². The molecule has 1 aliphatic heterocycles. The molecule has 2 aromatic carbocycles. The number of benzene rings is 2. The summed E-state index contributed by atoms with van der Waals surface area (Å²) in [7, 11) is 0. The maximum atomic E-state index is 6.13. The van der Waals surface area contributed by atoms with E-state index in [1.807, 2.05) is 6.92 Å². The summed E-state index contributed by atoms with van der Waals surface area (Å²) in [5.74, 6) is -0.427. The first-order valence-electron chi connectivity index (χ1n) is 7.98. The van der Waals surface area contributed by atoms with Gasteiger partial charge in [0.25, 0.3) is 0 Å². The van der Waals surface area contributed by atoms with Crippen LogP contribution in [-0.2, 0) is 16.0 Å². The molecule has 0 saturated carbocycles. The van der Waals surface area contributed by atoms with Crippen LogP contribution in [0.25, 0.3) is 21.8 Å². The highest BCUT2D eigenvalue weighted by molar-refractivity contribution is 6.07. The Labute approximate surface area is 130 Å². The zero-order valence-electron chi connectivity index (χ0n) is 13.1. The molecule has 3 aromatic rings. The van der Waals surface area contributed by atoms with Crippen molar-refractivity contribution in [1.82, 2.24) is 4.57 Å². The largest absolute Gasteiger partial charge is 0.347 e. The van der Waals surface area contributed by atoms with Crippen LogP contribution in [-0.4, -0.2) is 23.1 Å². The third-order valence-corrected chi connectivity index (χ3v) is 4.70. The minimum Gasteiger partial charge on any atom is -0.347 e. The SMILES string of the molecule is CC[C@@]1(C)OC[C@H](Cn2c3ccccc3c3ccccc32)O1. The van der Waals surface area contributed by atoms with Gasteiger partial charge in [0, 0.05) is 21.8 Å². The molecule has 0 radical (unpaired) electrons. The molecule has 4 rings (SSSR count). The predicted molar refractivity (Wildman–Crippen MR) is 89.0 cm³/mol. The fraction of sp³-hybridized carbons (Fsp3) is 0.368. The minimum atomic E-state index is -0.427. The highest BCUT2D eigenvalue weighted by atomic mass is 16.7. The van der Waals surface area contributed by atoms with Crippen LogP contribution in [0.4, 0.5) is 0 Å². The van der Waals surface area contributed by atoms with E-state index in [9.17, 15) is 0 Å². The highest BCUT2D eigenvalue weighted by Gasteiger charge is 2.35. The Bertz CT molecular complexity index is 769. The molecule has 1 saturated heterocycles. The Kier molecular flexibility index (Phi) is 3.21. The van der Waals surface area contributed by atoms with Crippen LogP contribution in [0.15, 0.2) is 48.5 Å². The van der Waals surface area contributed by atoms with Gasteiger partial charge in [0.1, 0.15) is 6.10 Å². The van der Waals surface area contributed by atoms with Crippen LogP contribution in [0.2, 0.25) is 0 Å². The van der Waals surface area contributed by atoms with E-state index in [4.69, 9.17) is 9.47 Å². The maximum Gasteiger partial charge on any atom is 0.165 e. The molecule has 1 aromatic heterocycles. The fourth-order valence-electron chi connectivity index (χ4n) is 3.37. The first kappa shape index (κ1) is 13.8. The number of rotatable bonds is 3. The monoisotopic (exact) mass is 295 g/mol. The summed E-state index contributed by atoms with van der Waals surface area (Å²) in [6.45, 7) is 5.61. The van der Waals surface area contributed by atoms with E-state index in [1.54, 1.807) is 0 Å². The molecule has 3 nitrogen and oxygen atoms in total. The second-order valence-electron chi connectivity index (χ2n) is 6.18. The molecular weight excluding hydrogens is 274 g/mol. The van der Waals surface area contributed by atoms with Gasteiger partial charge in [0.2, 0.25) is 0 Å². The Morgan fingerprint density at radius 1 is 1.05 bits per heavy atom. The van der Waals surface area contributed by atoms with Crippen molar-refractivity contribution in [3.63, 3.8) is 0 Å². The molecule has 22 heavy (non-hydrogen) atoms. The lowest BCUT2D eigenvalue weighted by Gasteiger charge is -2.21. The molecule has 2 heterocycles. The maximum absolute atomic E-state index is 6.13. The van der Waals surface area contributed by atoms with Crippen LogP contribution in [0, 0.1) is 0 Å². The topological polar surface area (TPSA) is 23.4 Å². The number of ether oxygens (including phenoxy) is 2. The lowest BCUT2D eigenvalue weighted by molar-refractivity contribution is -0.156. The molecule has 0 spiro atoms. The Balaban J connectivity index is 1.77. The smallest absolute Gasteiger partial charge is 0.165 e. The van der Waals surface area contributed by atoms with Crippen molar-refractivity contribution >= 4 is 21.8 Å². The summed E-state index contributed by atoms with van der Waals surface area (Å²) in [5, 5.41) is 2.60. The van der Waals surface area contributed by atoms with E-state index >= 15 is 0 Å². The van der Waals surface area contributed by atoms with Crippen LogP contribution in [0.5, 0.6) is 0 Å². The van der Waals surface area contributed by atoms with Crippen molar-refractivity contribution in [2.75, 3.05) is 6.61 Å². The van der Waals surface area contributed by atoms with Crippen LogP contribution < -0.4 is 0 Å². The Morgan fingerprint density at radius 2 is 1.64 bits per heavy atom. The average molecular weight is 295 g/mol. The number of fused-ring (bicyclic) bond motifs is 3.